The van der Waals surface area contributed by atoms with Crippen molar-refractivity contribution in [1.29, 1.82) is 0 Å². The van der Waals surface area contributed by atoms with Gasteiger partial charge in [-0.05, 0) is 12.8 Å². The minimum atomic E-state index is 0.528. The molecule has 0 unspecified atom stereocenters. The molecular formula is C10H17O. The summed E-state index contributed by atoms with van der Waals surface area (Å²) < 4.78 is 5.60. The summed E-state index contributed by atoms with van der Waals surface area (Å²) in [5, 5.41) is 0. The van der Waals surface area contributed by atoms with Crippen molar-refractivity contribution >= 4 is 0 Å². The second kappa shape index (κ2) is 5.36. The van der Waals surface area contributed by atoms with E-state index in [0.717, 1.165) is 6.61 Å². The van der Waals surface area contributed by atoms with Crippen molar-refractivity contribution in [1.82, 2.24) is 0 Å². The van der Waals surface area contributed by atoms with E-state index in [9.17, 15) is 0 Å². The summed E-state index contributed by atoms with van der Waals surface area (Å²) in [5.74, 6) is 0. The van der Waals surface area contributed by atoms with Crippen LogP contribution in [0.15, 0.2) is 12.7 Å². The molecular weight excluding hydrogens is 136 g/mol. The lowest BCUT2D eigenvalue weighted by Gasteiger charge is -2.21. The first-order valence-corrected chi connectivity index (χ1v) is 4.49. The first-order chi connectivity index (χ1) is 5.43. The lowest BCUT2D eigenvalue weighted by molar-refractivity contribution is 0.0426. The zero-order valence-electron chi connectivity index (χ0n) is 7.09. The van der Waals surface area contributed by atoms with E-state index in [1.54, 1.807) is 6.08 Å². The van der Waals surface area contributed by atoms with E-state index in [-0.39, 0.29) is 0 Å². The van der Waals surface area contributed by atoms with E-state index in [1.165, 1.54) is 32.1 Å². The smallest absolute Gasteiger partial charge is 0.0575 e. The Bertz CT molecular complexity index is 103. The Hall–Kier alpha value is -0.300. The second-order valence-corrected chi connectivity index (χ2v) is 3.06. The molecule has 0 spiro atoms. The van der Waals surface area contributed by atoms with Crippen molar-refractivity contribution in [2.75, 3.05) is 6.61 Å². The molecule has 0 aromatic heterocycles. The van der Waals surface area contributed by atoms with Crippen molar-refractivity contribution in [3.8, 4) is 0 Å². The molecule has 0 amide bonds. The molecule has 0 aromatic carbocycles. The van der Waals surface area contributed by atoms with E-state index in [4.69, 9.17) is 4.74 Å². The van der Waals surface area contributed by atoms with Gasteiger partial charge in [0.15, 0.2) is 0 Å². The van der Waals surface area contributed by atoms with Gasteiger partial charge in [0.05, 0.1) is 12.7 Å². The molecule has 0 heterocycles. The van der Waals surface area contributed by atoms with E-state index in [0.29, 0.717) is 6.10 Å². The fourth-order valence-corrected chi connectivity index (χ4v) is 1.49. The van der Waals surface area contributed by atoms with Crippen molar-refractivity contribution in [3.05, 3.63) is 19.1 Å². The van der Waals surface area contributed by atoms with Crippen molar-refractivity contribution < 1.29 is 4.74 Å². The molecule has 0 bridgehead atoms. The molecule has 1 rings (SSSR count). The highest BCUT2D eigenvalue weighted by Crippen LogP contribution is 2.20. The van der Waals surface area contributed by atoms with Gasteiger partial charge in [-0.1, -0.05) is 25.3 Å². The Balaban J connectivity index is 2.00. The highest BCUT2D eigenvalue weighted by molar-refractivity contribution is 4.86. The Labute approximate surface area is 69.4 Å². The summed E-state index contributed by atoms with van der Waals surface area (Å²) in [6, 6.07) is 0. The molecule has 0 aliphatic heterocycles. The standard InChI is InChI=1S/C10H17O/c1-2-3-9-11-10-7-5-4-6-8-10/h2-3,10H,1,4-9H2. The van der Waals surface area contributed by atoms with Crippen molar-refractivity contribution in [2.45, 2.75) is 38.2 Å². The number of hydrogen-bond donors (Lipinski definition) is 0. The van der Waals surface area contributed by atoms with Crippen LogP contribution in [0.1, 0.15) is 32.1 Å². The first kappa shape index (κ1) is 8.79. The predicted octanol–water partition coefficient (Wildman–Crippen LogP) is 2.73. The summed E-state index contributed by atoms with van der Waals surface area (Å²) in [4.78, 5) is 0. The highest BCUT2D eigenvalue weighted by atomic mass is 16.5. The zero-order chi connectivity index (χ0) is 7.94. The van der Waals surface area contributed by atoms with Crippen molar-refractivity contribution in [3.63, 3.8) is 0 Å². The third-order valence-corrected chi connectivity index (χ3v) is 2.15. The summed E-state index contributed by atoms with van der Waals surface area (Å²) in [6.07, 6.45) is 10.9. The highest BCUT2D eigenvalue weighted by Gasteiger charge is 2.12. The zero-order valence-corrected chi connectivity index (χ0v) is 7.09. The topological polar surface area (TPSA) is 9.23 Å². The maximum atomic E-state index is 5.60. The summed E-state index contributed by atoms with van der Waals surface area (Å²) in [6.45, 7) is 4.35. The minimum absolute atomic E-state index is 0.528. The van der Waals surface area contributed by atoms with Crippen LogP contribution in [0.3, 0.4) is 0 Å². The summed E-state index contributed by atoms with van der Waals surface area (Å²) in [5.41, 5.74) is 0. The molecule has 1 nitrogen and oxygen atoms in total. The van der Waals surface area contributed by atoms with Crippen LogP contribution in [0.2, 0.25) is 0 Å². The van der Waals surface area contributed by atoms with Gasteiger partial charge in [-0.2, -0.15) is 0 Å². The third-order valence-electron chi connectivity index (χ3n) is 2.15. The van der Waals surface area contributed by atoms with Gasteiger partial charge < -0.3 is 4.74 Å². The van der Waals surface area contributed by atoms with Gasteiger partial charge in [0.25, 0.3) is 0 Å². The number of hydrogen-bond acceptors (Lipinski definition) is 1. The van der Waals surface area contributed by atoms with Gasteiger partial charge >= 0.3 is 0 Å². The van der Waals surface area contributed by atoms with Gasteiger partial charge in [0.1, 0.15) is 0 Å². The van der Waals surface area contributed by atoms with E-state index in [2.05, 4.69) is 6.58 Å². The van der Waals surface area contributed by atoms with Gasteiger partial charge in [-0.25, -0.2) is 0 Å². The van der Waals surface area contributed by atoms with Crippen LogP contribution in [0.4, 0.5) is 0 Å². The average Bonchev–Trinajstić information content (AvgIpc) is 2.07. The molecule has 1 aliphatic carbocycles. The second-order valence-electron chi connectivity index (χ2n) is 3.06. The van der Waals surface area contributed by atoms with Gasteiger partial charge in [0, 0.05) is 6.42 Å². The van der Waals surface area contributed by atoms with E-state index >= 15 is 0 Å². The molecule has 11 heavy (non-hydrogen) atoms. The molecule has 63 valence electrons. The monoisotopic (exact) mass is 153 g/mol. The molecule has 1 heteroatoms. The minimum Gasteiger partial charge on any atom is -0.378 e. The molecule has 1 fully saturated rings. The fraction of sp³-hybridized carbons (Fsp3) is 0.700. The predicted molar refractivity (Wildman–Crippen MR) is 47.3 cm³/mol. The largest absolute Gasteiger partial charge is 0.378 e. The molecule has 0 atom stereocenters. The van der Waals surface area contributed by atoms with E-state index < -0.39 is 0 Å². The van der Waals surface area contributed by atoms with Gasteiger partial charge in [0.2, 0.25) is 0 Å². The van der Waals surface area contributed by atoms with Gasteiger partial charge in [-0.3, -0.25) is 0 Å². The molecule has 0 saturated heterocycles. The first-order valence-electron chi connectivity index (χ1n) is 4.49. The lowest BCUT2D eigenvalue weighted by atomic mass is 9.98. The van der Waals surface area contributed by atoms with Crippen LogP contribution in [-0.4, -0.2) is 12.7 Å². The Kier molecular flexibility index (Phi) is 4.29. The summed E-state index contributed by atoms with van der Waals surface area (Å²) in [7, 11) is 0. The maximum Gasteiger partial charge on any atom is 0.0575 e. The van der Waals surface area contributed by atoms with Crippen LogP contribution in [-0.2, 0) is 4.74 Å². The van der Waals surface area contributed by atoms with Crippen molar-refractivity contribution in [2.24, 2.45) is 0 Å². The molecule has 1 aliphatic rings. The Morgan fingerprint density at radius 3 is 2.64 bits per heavy atom. The number of ether oxygens (including phenoxy) is 1. The maximum absolute atomic E-state index is 5.60. The SMILES string of the molecule is C=C[CH]COC1CCCCC1. The van der Waals surface area contributed by atoms with Crippen LogP contribution in [0.5, 0.6) is 0 Å². The lowest BCUT2D eigenvalue weighted by Crippen LogP contribution is -2.16. The van der Waals surface area contributed by atoms with Crippen LogP contribution < -0.4 is 0 Å². The normalized spacial score (nSPS) is 20.0. The van der Waals surface area contributed by atoms with Crippen LogP contribution in [0, 0.1) is 6.42 Å². The molecule has 0 aromatic rings. The molecule has 1 saturated carbocycles. The molecule has 0 N–H and O–H groups in total. The van der Waals surface area contributed by atoms with Crippen LogP contribution in [0.25, 0.3) is 0 Å². The Morgan fingerprint density at radius 2 is 2.00 bits per heavy atom. The quantitative estimate of drug-likeness (QED) is 0.564. The van der Waals surface area contributed by atoms with E-state index in [1.807, 2.05) is 6.42 Å². The van der Waals surface area contributed by atoms with Crippen LogP contribution >= 0.6 is 0 Å². The fourth-order valence-electron chi connectivity index (χ4n) is 1.49. The van der Waals surface area contributed by atoms with Gasteiger partial charge in [-0.15, -0.1) is 6.58 Å². The average molecular weight is 153 g/mol. The molecule has 1 radical (unpaired) electrons. The third kappa shape index (κ3) is 3.57. The summed E-state index contributed by atoms with van der Waals surface area (Å²) >= 11 is 0. The Morgan fingerprint density at radius 1 is 1.27 bits per heavy atom. The number of rotatable bonds is 4.